The SMILES string of the molecule is Cc1noc(C)c1COc1cccc(C(=O)Nc2nc(C3CC3)cs2)c1. The number of thiazole rings is 1. The normalized spacial score (nSPS) is 13.6. The second kappa shape index (κ2) is 6.92. The first-order chi connectivity index (χ1) is 12.6. The van der Waals surface area contributed by atoms with Gasteiger partial charge in [0.25, 0.3) is 5.91 Å². The Morgan fingerprint density at radius 1 is 1.38 bits per heavy atom. The van der Waals surface area contributed by atoms with Crippen molar-refractivity contribution in [2.45, 2.75) is 39.2 Å². The van der Waals surface area contributed by atoms with Crippen molar-refractivity contribution >= 4 is 22.4 Å². The van der Waals surface area contributed by atoms with E-state index >= 15 is 0 Å². The lowest BCUT2D eigenvalue weighted by atomic mass is 10.2. The van der Waals surface area contributed by atoms with E-state index in [1.807, 2.05) is 25.3 Å². The van der Waals surface area contributed by atoms with Crippen molar-refractivity contribution in [3.8, 4) is 5.75 Å². The molecule has 1 N–H and O–H groups in total. The molecular formula is C19H19N3O3S. The van der Waals surface area contributed by atoms with Gasteiger partial charge in [-0.2, -0.15) is 0 Å². The minimum absolute atomic E-state index is 0.190. The molecule has 0 atom stereocenters. The van der Waals surface area contributed by atoms with Gasteiger partial charge in [0.1, 0.15) is 18.1 Å². The highest BCUT2D eigenvalue weighted by molar-refractivity contribution is 7.14. The lowest BCUT2D eigenvalue weighted by Crippen LogP contribution is -2.12. The van der Waals surface area contributed by atoms with Gasteiger partial charge >= 0.3 is 0 Å². The summed E-state index contributed by atoms with van der Waals surface area (Å²) in [6, 6.07) is 7.11. The summed E-state index contributed by atoms with van der Waals surface area (Å²) in [5.74, 6) is 1.75. The monoisotopic (exact) mass is 369 g/mol. The highest BCUT2D eigenvalue weighted by Crippen LogP contribution is 2.40. The number of carbonyl (C=O) groups is 1. The first-order valence-corrected chi connectivity index (χ1v) is 9.39. The molecule has 4 rings (SSSR count). The van der Waals surface area contributed by atoms with Crippen LogP contribution in [0.15, 0.2) is 34.2 Å². The Morgan fingerprint density at radius 3 is 2.96 bits per heavy atom. The van der Waals surface area contributed by atoms with Crippen LogP contribution in [-0.2, 0) is 6.61 Å². The zero-order valence-electron chi connectivity index (χ0n) is 14.6. The van der Waals surface area contributed by atoms with Gasteiger partial charge in [-0.25, -0.2) is 4.98 Å². The Balaban J connectivity index is 1.41. The lowest BCUT2D eigenvalue weighted by Gasteiger charge is -2.08. The number of hydrogen-bond donors (Lipinski definition) is 1. The summed E-state index contributed by atoms with van der Waals surface area (Å²) in [6.45, 7) is 4.08. The van der Waals surface area contributed by atoms with Crippen molar-refractivity contribution < 1.29 is 14.1 Å². The molecule has 0 aliphatic heterocycles. The average molecular weight is 369 g/mol. The topological polar surface area (TPSA) is 77.2 Å². The molecule has 2 aromatic heterocycles. The minimum atomic E-state index is -0.190. The Kier molecular flexibility index (Phi) is 4.46. The smallest absolute Gasteiger partial charge is 0.257 e. The molecule has 134 valence electrons. The molecule has 3 aromatic rings. The van der Waals surface area contributed by atoms with Crippen molar-refractivity contribution in [1.82, 2.24) is 10.1 Å². The number of hydrogen-bond acceptors (Lipinski definition) is 6. The van der Waals surface area contributed by atoms with Gasteiger partial charge in [0.15, 0.2) is 5.13 Å². The summed E-state index contributed by atoms with van der Waals surface area (Å²) in [7, 11) is 0. The van der Waals surface area contributed by atoms with Crippen molar-refractivity contribution in [2.75, 3.05) is 5.32 Å². The number of benzene rings is 1. The van der Waals surface area contributed by atoms with E-state index in [0.717, 1.165) is 22.7 Å². The molecule has 1 aliphatic rings. The summed E-state index contributed by atoms with van der Waals surface area (Å²) in [5, 5.41) is 9.44. The van der Waals surface area contributed by atoms with Gasteiger partial charge in [0, 0.05) is 16.9 Å². The minimum Gasteiger partial charge on any atom is -0.489 e. The van der Waals surface area contributed by atoms with Gasteiger partial charge in [0.2, 0.25) is 0 Å². The van der Waals surface area contributed by atoms with Crippen LogP contribution in [0.5, 0.6) is 5.75 Å². The van der Waals surface area contributed by atoms with Crippen molar-refractivity contribution in [1.29, 1.82) is 0 Å². The van der Waals surface area contributed by atoms with E-state index in [2.05, 4.69) is 15.5 Å². The maximum atomic E-state index is 12.5. The van der Waals surface area contributed by atoms with Gasteiger partial charge in [0.05, 0.1) is 17.0 Å². The predicted molar refractivity (Wildman–Crippen MR) is 98.8 cm³/mol. The number of ether oxygens (including phenoxy) is 1. The summed E-state index contributed by atoms with van der Waals surface area (Å²) in [4.78, 5) is 17.0. The van der Waals surface area contributed by atoms with Crippen molar-refractivity contribution in [3.05, 3.63) is 57.9 Å². The molecule has 1 aliphatic carbocycles. The Morgan fingerprint density at radius 2 is 2.23 bits per heavy atom. The number of aryl methyl sites for hydroxylation is 2. The molecule has 1 saturated carbocycles. The summed E-state index contributed by atoms with van der Waals surface area (Å²) in [5.41, 5.74) is 3.35. The van der Waals surface area contributed by atoms with E-state index < -0.39 is 0 Å². The van der Waals surface area contributed by atoms with Crippen LogP contribution in [0.25, 0.3) is 0 Å². The highest BCUT2D eigenvalue weighted by atomic mass is 32.1. The van der Waals surface area contributed by atoms with Crippen LogP contribution < -0.4 is 10.1 Å². The third-order valence-electron chi connectivity index (χ3n) is 4.40. The second-order valence-electron chi connectivity index (χ2n) is 6.43. The van der Waals surface area contributed by atoms with Crippen LogP contribution in [0.1, 0.15) is 51.8 Å². The number of nitrogens with one attached hydrogen (secondary N) is 1. The molecule has 1 fully saturated rings. The fourth-order valence-corrected chi connectivity index (χ4v) is 3.46. The zero-order chi connectivity index (χ0) is 18.1. The Hall–Kier alpha value is -2.67. The van der Waals surface area contributed by atoms with E-state index in [1.54, 1.807) is 18.2 Å². The summed E-state index contributed by atoms with van der Waals surface area (Å²) >= 11 is 1.47. The molecule has 1 amide bonds. The fraction of sp³-hybridized carbons (Fsp3) is 0.316. The molecule has 1 aromatic carbocycles. The standard InChI is InChI=1S/C19H19N3O3S/c1-11-16(12(2)25-22-11)9-24-15-5-3-4-14(8-15)18(23)21-19-20-17(10-26-19)13-6-7-13/h3-5,8,10,13H,6-7,9H2,1-2H3,(H,20,21,23). The molecule has 26 heavy (non-hydrogen) atoms. The van der Waals surface area contributed by atoms with Crippen molar-refractivity contribution in [3.63, 3.8) is 0 Å². The molecule has 0 unspecified atom stereocenters. The van der Waals surface area contributed by atoms with Gasteiger partial charge in [-0.15, -0.1) is 11.3 Å². The first-order valence-electron chi connectivity index (χ1n) is 8.51. The third-order valence-corrected chi connectivity index (χ3v) is 5.17. The molecule has 0 saturated heterocycles. The largest absolute Gasteiger partial charge is 0.489 e. The number of amides is 1. The fourth-order valence-electron chi connectivity index (χ4n) is 2.67. The van der Waals surface area contributed by atoms with E-state index in [9.17, 15) is 4.79 Å². The third kappa shape index (κ3) is 3.62. The van der Waals surface area contributed by atoms with E-state index in [0.29, 0.717) is 29.0 Å². The van der Waals surface area contributed by atoms with E-state index in [4.69, 9.17) is 9.26 Å². The maximum Gasteiger partial charge on any atom is 0.257 e. The lowest BCUT2D eigenvalue weighted by molar-refractivity contribution is 0.102. The Bertz CT molecular complexity index is 924. The molecule has 0 radical (unpaired) electrons. The predicted octanol–water partition coefficient (Wildman–Crippen LogP) is 4.46. The zero-order valence-corrected chi connectivity index (χ0v) is 15.4. The van der Waals surface area contributed by atoms with Crippen LogP contribution in [-0.4, -0.2) is 16.0 Å². The van der Waals surface area contributed by atoms with E-state index in [-0.39, 0.29) is 5.91 Å². The van der Waals surface area contributed by atoms with Crippen LogP contribution in [0.3, 0.4) is 0 Å². The van der Waals surface area contributed by atoms with Crippen LogP contribution in [0.4, 0.5) is 5.13 Å². The molecule has 7 heteroatoms. The first kappa shape index (κ1) is 16.8. The molecule has 2 heterocycles. The number of anilines is 1. The quantitative estimate of drug-likeness (QED) is 0.694. The number of rotatable bonds is 6. The van der Waals surface area contributed by atoms with Gasteiger partial charge in [-0.3, -0.25) is 10.1 Å². The second-order valence-corrected chi connectivity index (χ2v) is 7.28. The highest BCUT2D eigenvalue weighted by Gasteiger charge is 2.26. The summed E-state index contributed by atoms with van der Waals surface area (Å²) in [6.07, 6.45) is 2.39. The van der Waals surface area contributed by atoms with Crippen LogP contribution in [0.2, 0.25) is 0 Å². The van der Waals surface area contributed by atoms with E-state index in [1.165, 1.54) is 24.2 Å². The van der Waals surface area contributed by atoms with Gasteiger partial charge in [-0.05, 0) is 44.9 Å². The van der Waals surface area contributed by atoms with Crippen LogP contribution in [0, 0.1) is 13.8 Å². The molecular weight excluding hydrogens is 350 g/mol. The molecule has 6 nitrogen and oxygen atoms in total. The van der Waals surface area contributed by atoms with Crippen LogP contribution >= 0.6 is 11.3 Å². The molecule has 0 bridgehead atoms. The Labute approximate surface area is 155 Å². The number of aromatic nitrogens is 2. The number of nitrogens with zero attached hydrogens (tertiary/aromatic N) is 2. The van der Waals surface area contributed by atoms with Gasteiger partial charge < -0.3 is 9.26 Å². The number of carbonyl (C=O) groups excluding carboxylic acids is 1. The maximum absolute atomic E-state index is 12.5. The molecule has 0 spiro atoms. The summed E-state index contributed by atoms with van der Waals surface area (Å²) < 4.78 is 10.9. The van der Waals surface area contributed by atoms with Crippen molar-refractivity contribution in [2.24, 2.45) is 0 Å². The van der Waals surface area contributed by atoms with Gasteiger partial charge in [-0.1, -0.05) is 11.2 Å². The average Bonchev–Trinajstić information content (AvgIpc) is 3.31.